The molecule has 0 fully saturated rings. The average Bonchev–Trinajstić information content (AvgIpc) is 2.59. The number of aliphatic hydroxyl groups is 1. The molecule has 1 atom stereocenters. The van der Waals surface area contributed by atoms with E-state index < -0.39 is 11.5 Å². The molecule has 0 bridgehead atoms. The van der Waals surface area contributed by atoms with Gasteiger partial charge in [0.1, 0.15) is 5.75 Å². The number of aryl methyl sites for hydroxylation is 1. The summed E-state index contributed by atoms with van der Waals surface area (Å²) in [5.41, 5.74) is 2.15. The highest BCUT2D eigenvalue weighted by Crippen LogP contribution is 2.24. The Morgan fingerprint density at radius 3 is 2.50 bits per heavy atom. The van der Waals surface area contributed by atoms with Crippen LogP contribution in [-0.2, 0) is 10.2 Å². The van der Waals surface area contributed by atoms with Crippen molar-refractivity contribution in [3.63, 3.8) is 0 Å². The van der Waals surface area contributed by atoms with E-state index in [2.05, 4.69) is 5.32 Å². The Kier molecular flexibility index (Phi) is 5.62. The molecule has 0 aliphatic rings. The first kappa shape index (κ1) is 18.0. The summed E-state index contributed by atoms with van der Waals surface area (Å²) in [6.45, 7) is 5.93. The third-order valence-corrected chi connectivity index (χ3v) is 4.28. The summed E-state index contributed by atoms with van der Waals surface area (Å²) >= 11 is 0. The van der Waals surface area contributed by atoms with E-state index >= 15 is 0 Å². The third kappa shape index (κ3) is 4.15. The Balaban J connectivity index is 2.02. The van der Waals surface area contributed by atoms with Crippen LogP contribution in [-0.4, -0.2) is 24.7 Å². The number of rotatable bonds is 6. The Morgan fingerprint density at radius 2 is 1.88 bits per heavy atom. The van der Waals surface area contributed by atoms with Crippen molar-refractivity contribution in [1.29, 1.82) is 0 Å². The highest BCUT2D eigenvalue weighted by molar-refractivity contribution is 5.87. The van der Waals surface area contributed by atoms with Gasteiger partial charge in [-0.15, -0.1) is 0 Å². The second kappa shape index (κ2) is 7.49. The first-order chi connectivity index (χ1) is 11.3. The van der Waals surface area contributed by atoms with Crippen molar-refractivity contribution >= 4 is 5.91 Å². The highest BCUT2D eigenvalue weighted by atomic mass is 16.5. The lowest BCUT2D eigenvalue weighted by atomic mass is 9.83. The predicted molar refractivity (Wildman–Crippen MR) is 95.2 cm³/mol. The van der Waals surface area contributed by atoms with Gasteiger partial charge < -0.3 is 15.2 Å². The summed E-state index contributed by atoms with van der Waals surface area (Å²) in [5, 5.41) is 13.1. The molecule has 0 aromatic heterocycles. The molecule has 0 radical (unpaired) electrons. The zero-order chi connectivity index (χ0) is 17.7. The molecule has 2 rings (SSSR count). The van der Waals surface area contributed by atoms with Crippen molar-refractivity contribution in [1.82, 2.24) is 5.32 Å². The van der Waals surface area contributed by atoms with Crippen molar-refractivity contribution in [3.8, 4) is 5.75 Å². The van der Waals surface area contributed by atoms with Gasteiger partial charge in [-0.05, 0) is 44.0 Å². The van der Waals surface area contributed by atoms with Crippen LogP contribution in [0.15, 0.2) is 48.5 Å². The molecular formula is C20H25NO3. The summed E-state index contributed by atoms with van der Waals surface area (Å²) in [6, 6.07) is 15.1. The zero-order valence-corrected chi connectivity index (χ0v) is 14.7. The number of benzene rings is 2. The van der Waals surface area contributed by atoms with E-state index in [1.165, 1.54) is 0 Å². The number of hydrogen-bond acceptors (Lipinski definition) is 3. The predicted octanol–water partition coefficient (Wildman–Crippen LogP) is 3.13. The van der Waals surface area contributed by atoms with Crippen LogP contribution in [0, 0.1) is 6.92 Å². The lowest BCUT2D eigenvalue weighted by Gasteiger charge is -2.25. The molecule has 4 nitrogen and oxygen atoms in total. The van der Waals surface area contributed by atoms with Crippen LogP contribution >= 0.6 is 0 Å². The highest BCUT2D eigenvalue weighted by Gasteiger charge is 2.29. The fourth-order valence-corrected chi connectivity index (χ4v) is 2.48. The molecule has 1 unspecified atom stereocenters. The van der Waals surface area contributed by atoms with E-state index in [1.54, 1.807) is 13.2 Å². The number of carbonyl (C=O) groups excluding carboxylic acids is 1. The van der Waals surface area contributed by atoms with E-state index in [0.717, 1.165) is 11.1 Å². The van der Waals surface area contributed by atoms with E-state index in [-0.39, 0.29) is 12.5 Å². The van der Waals surface area contributed by atoms with Crippen molar-refractivity contribution < 1.29 is 14.6 Å². The number of nitrogens with one attached hydrogen (secondary N) is 1. The fourth-order valence-electron chi connectivity index (χ4n) is 2.48. The van der Waals surface area contributed by atoms with Crippen molar-refractivity contribution in [2.75, 3.05) is 13.7 Å². The molecule has 1 amide bonds. The monoisotopic (exact) mass is 327 g/mol. The van der Waals surface area contributed by atoms with Gasteiger partial charge in [0.2, 0.25) is 5.91 Å². The summed E-state index contributed by atoms with van der Waals surface area (Å²) < 4.78 is 5.15. The van der Waals surface area contributed by atoms with Crippen LogP contribution < -0.4 is 10.1 Å². The van der Waals surface area contributed by atoms with Gasteiger partial charge >= 0.3 is 0 Å². The quantitative estimate of drug-likeness (QED) is 0.857. The maximum atomic E-state index is 12.6. The van der Waals surface area contributed by atoms with Crippen molar-refractivity contribution in [3.05, 3.63) is 65.2 Å². The fraction of sp³-hybridized carbons (Fsp3) is 0.350. The molecule has 2 aromatic rings. The van der Waals surface area contributed by atoms with E-state index in [4.69, 9.17) is 4.74 Å². The molecule has 4 heteroatoms. The molecular weight excluding hydrogens is 302 g/mol. The summed E-state index contributed by atoms with van der Waals surface area (Å²) in [5.74, 6) is 0.561. The first-order valence-electron chi connectivity index (χ1n) is 8.02. The lowest BCUT2D eigenvalue weighted by Crippen LogP contribution is -2.41. The number of methoxy groups -OCH3 is 1. The Bertz CT molecular complexity index is 692. The number of aliphatic hydroxyl groups excluding tert-OH is 1. The molecule has 2 N–H and O–H groups in total. The molecule has 2 aromatic carbocycles. The van der Waals surface area contributed by atoms with Crippen LogP contribution in [0.2, 0.25) is 0 Å². The van der Waals surface area contributed by atoms with Gasteiger partial charge in [0.05, 0.1) is 18.6 Å². The summed E-state index contributed by atoms with van der Waals surface area (Å²) in [4.78, 5) is 12.6. The molecule has 0 saturated heterocycles. The largest absolute Gasteiger partial charge is 0.497 e. The molecule has 24 heavy (non-hydrogen) atoms. The van der Waals surface area contributed by atoms with Crippen LogP contribution in [0.4, 0.5) is 0 Å². The Hall–Kier alpha value is -2.33. The van der Waals surface area contributed by atoms with Crippen molar-refractivity contribution in [2.24, 2.45) is 0 Å². The topological polar surface area (TPSA) is 58.6 Å². The molecule has 128 valence electrons. The maximum absolute atomic E-state index is 12.6. The summed E-state index contributed by atoms with van der Waals surface area (Å²) in [7, 11) is 1.58. The second-order valence-corrected chi connectivity index (χ2v) is 6.49. The third-order valence-electron chi connectivity index (χ3n) is 4.28. The van der Waals surface area contributed by atoms with Gasteiger partial charge in [-0.3, -0.25) is 4.79 Å². The molecule has 0 spiro atoms. The van der Waals surface area contributed by atoms with E-state index in [1.807, 2.05) is 63.2 Å². The van der Waals surface area contributed by atoms with Crippen molar-refractivity contribution in [2.45, 2.75) is 32.3 Å². The number of carbonyl (C=O) groups is 1. The minimum absolute atomic E-state index is 0.117. The number of hydrogen-bond donors (Lipinski definition) is 2. The standard InChI is InChI=1S/C20H25NO3/c1-14-8-10-16(11-9-14)20(2,3)19(23)21-13-18(22)15-6-5-7-17(12-15)24-4/h5-12,18,22H,13H2,1-4H3,(H,21,23). The Morgan fingerprint density at radius 1 is 1.21 bits per heavy atom. The maximum Gasteiger partial charge on any atom is 0.230 e. The van der Waals surface area contributed by atoms with E-state index in [9.17, 15) is 9.90 Å². The normalized spacial score (nSPS) is 12.5. The van der Waals surface area contributed by atoms with Crippen LogP contribution in [0.1, 0.15) is 36.6 Å². The zero-order valence-electron chi connectivity index (χ0n) is 14.7. The second-order valence-electron chi connectivity index (χ2n) is 6.49. The lowest BCUT2D eigenvalue weighted by molar-refractivity contribution is -0.126. The van der Waals surface area contributed by atoms with Gasteiger partial charge in [-0.1, -0.05) is 42.0 Å². The van der Waals surface area contributed by atoms with Crippen LogP contribution in [0.5, 0.6) is 5.75 Å². The van der Waals surface area contributed by atoms with Gasteiger partial charge in [0.25, 0.3) is 0 Å². The molecule has 0 saturated carbocycles. The van der Waals surface area contributed by atoms with Crippen LogP contribution in [0.3, 0.4) is 0 Å². The van der Waals surface area contributed by atoms with Gasteiger partial charge in [-0.25, -0.2) is 0 Å². The van der Waals surface area contributed by atoms with Gasteiger partial charge in [0, 0.05) is 6.54 Å². The first-order valence-corrected chi connectivity index (χ1v) is 8.02. The Labute approximate surface area is 143 Å². The smallest absolute Gasteiger partial charge is 0.230 e. The minimum atomic E-state index is -0.780. The van der Waals surface area contributed by atoms with Gasteiger partial charge in [-0.2, -0.15) is 0 Å². The number of amides is 1. The molecule has 0 aliphatic carbocycles. The minimum Gasteiger partial charge on any atom is -0.497 e. The number of ether oxygens (including phenoxy) is 1. The molecule has 0 heterocycles. The molecule has 0 aliphatic heterocycles. The summed E-state index contributed by atoms with van der Waals surface area (Å²) in [6.07, 6.45) is -0.780. The van der Waals surface area contributed by atoms with E-state index in [0.29, 0.717) is 11.3 Å². The average molecular weight is 327 g/mol. The SMILES string of the molecule is COc1cccc(C(O)CNC(=O)C(C)(C)c2ccc(C)cc2)c1. The van der Waals surface area contributed by atoms with Gasteiger partial charge in [0.15, 0.2) is 0 Å². The van der Waals surface area contributed by atoms with Crippen LogP contribution in [0.25, 0.3) is 0 Å².